The SMILES string of the molecule is COc1ccc(C(C)(C)CNC(=O)C(C)=O)cc1Br. The van der Waals surface area contributed by atoms with Crippen LogP contribution in [0.2, 0.25) is 0 Å². The normalized spacial score (nSPS) is 11.0. The van der Waals surface area contributed by atoms with Gasteiger partial charge in [-0.3, -0.25) is 9.59 Å². The summed E-state index contributed by atoms with van der Waals surface area (Å²) < 4.78 is 6.04. The molecule has 0 saturated heterocycles. The van der Waals surface area contributed by atoms with Crippen LogP contribution in [-0.2, 0) is 15.0 Å². The van der Waals surface area contributed by atoms with Crippen LogP contribution < -0.4 is 10.1 Å². The Hall–Kier alpha value is -1.36. The fourth-order valence-corrected chi connectivity index (χ4v) is 2.16. The van der Waals surface area contributed by atoms with Crippen molar-refractivity contribution in [2.75, 3.05) is 13.7 Å². The first-order valence-electron chi connectivity index (χ1n) is 5.90. The third-order valence-electron chi connectivity index (χ3n) is 2.94. The molecule has 104 valence electrons. The van der Waals surface area contributed by atoms with E-state index in [4.69, 9.17) is 4.74 Å². The molecule has 0 aliphatic carbocycles. The number of carbonyl (C=O) groups is 2. The van der Waals surface area contributed by atoms with Crippen LogP contribution in [0.1, 0.15) is 26.3 Å². The minimum absolute atomic E-state index is 0.278. The van der Waals surface area contributed by atoms with Crippen LogP contribution in [0, 0.1) is 0 Å². The average Bonchev–Trinajstić information content (AvgIpc) is 2.35. The predicted octanol–water partition coefficient (Wildman–Crippen LogP) is 2.44. The Morgan fingerprint density at radius 3 is 2.47 bits per heavy atom. The molecule has 4 nitrogen and oxygen atoms in total. The third kappa shape index (κ3) is 4.06. The molecule has 1 rings (SSSR count). The summed E-state index contributed by atoms with van der Waals surface area (Å²) in [6.45, 7) is 5.65. The van der Waals surface area contributed by atoms with Crippen molar-refractivity contribution < 1.29 is 14.3 Å². The minimum atomic E-state index is -0.555. The van der Waals surface area contributed by atoms with Gasteiger partial charge in [0.25, 0.3) is 5.91 Å². The highest BCUT2D eigenvalue weighted by molar-refractivity contribution is 9.10. The van der Waals surface area contributed by atoms with Crippen LogP contribution in [0.4, 0.5) is 0 Å². The molecule has 1 aromatic rings. The molecule has 5 heteroatoms. The molecule has 0 saturated carbocycles. The van der Waals surface area contributed by atoms with Crippen LogP contribution in [0.15, 0.2) is 22.7 Å². The zero-order valence-corrected chi connectivity index (χ0v) is 13.1. The van der Waals surface area contributed by atoms with E-state index in [2.05, 4.69) is 21.2 Å². The maximum atomic E-state index is 11.3. The summed E-state index contributed by atoms with van der Waals surface area (Å²) in [5.41, 5.74) is 0.768. The van der Waals surface area contributed by atoms with Crippen molar-refractivity contribution >= 4 is 27.6 Å². The van der Waals surface area contributed by atoms with Crippen LogP contribution in [0.5, 0.6) is 5.75 Å². The minimum Gasteiger partial charge on any atom is -0.496 e. The lowest BCUT2D eigenvalue weighted by Crippen LogP contribution is -2.39. The van der Waals surface area contributed by atoms with Gasteiger partial charge in [-0.2, -0.15) is 0 Å². The van der Waals surface area contributed by atoms with E-state index in [1.54, 1.807) is 7.11 Å². The summed E-state index contributed by atoms with van der Waals surface area (Å²) in [6.07, 6.45) is 0. The van der Waals surface area contributed by atoms with E-state index in [0.29, 0.717) is 6.54 Å². The van der Waals surface area contributed by atoms with Crippen LogP contribution in [0.25, 0.3) is 0 Å². The predicted molar refractivity (Wildman–Crippen MR) is 77.4 cm³/mol. The van der Waals surface area contributed by atoms with Crippen LogP contribution >= 0.6 is 15.9 Å². The van der Waals surface area contributed by atoms with E-state index in [9.17, 15) is 9.59 Å². The Balaban J connectivity index is 2.85. The summed E-state index contributed by atoms with van der Waals surface area (Å²) in [5.74, 6) is -0.278. The molecular weight excluding hydrogens is 310 g/mol. The first-order valence-corrected chi connectivity index (χ1v) is 6.70. The fraction of sp³-hybridized carbons (Fsp3) is 0.429. The van der Waals surface area contributed by atoms with Crippen molar-refractivity contribution in [2.24, 2.45) is 0 Å². The molecule has 1 amide bonds. The van der Waals surface area contributed by atoms with Gasteiger partial charge in [-0.25, -0.2) is 0 Å². The molecule has 0 heterocycles. The van der Waals surface area contributed by atoms with Crippen molar-refractivity contribution in [1.82, 2.24) is 5.32 Å². The number of hydrogen-bond acceptors (Lipinski definition) is 3. The quantitative estimate of drug-likeness (QED) is 0.845. The number of methoxy groups -OCH3 is 1. The van der Waals surface area contributed by atoms with E-state index in [1.807, 2.05) is 32.0 Å². The molecule has 1 aromatic carbocycles. The third-order valence-corrected chi connectivity index (χ3v) is 3.56. The second kappa shape index (κ2) is 6.19. The fourth-order valence-electron chi connectivity index (χ4n) is 1.62. The summed E-state index contributed by atoms with van der Waals surface area (Å²) in [6, 6.07) is 5.77. The standard InChI is InChI=1S/C14H18BrNO3/c1-9(17)13(18)16-8-14(2,3)10-5-6-12(19-4)11(15)7-10/h5-7H,8H2,1-4H3,(H,16,18). The number of benzene rings is 1. The van der Waals surface area contributed by atoms with Gasteiger partial charge in [-0.1, -0.05) is 19.9 Å². The van der Waals surface area contributed by atoms with Gasteiger partial charge < -0.3 is 10.1 Å². The van der Waals surface area contributed by atoms with Gasteiger partial charge in [-0.15, -0.1) is 0 Å². The monoisotopic (exact) mass is 327 g/mol. The molecule has 0 atom stereocenters. The molecule has 0 radical (unpaired) electrons. The maximum Gasteiger partial charge on any atom is 0.287 e. The smallest absolute Gasteiger partial charge is 0.287 e. The summed E-state index contributed by atoms with van der Waals surface area (Å²) in [4.78, 5) is 22.2. The number of halogens is 1. The Labute approximate surface area is 121 Å². The highest BCUT2D eigenvalue weighted by Crippen LogP contribution is 2.31. The second-order valence-corrected chi connectivity index (χ2v) is 5.83. The van der Waals surface area contributed by atoms with Gasteiger partial charge in [0.05, 0.1) is 11.6 Å². The van der Waals surface area contributed by atoms with Crippen molar-refractivity contribution in [3.05, 3.63) is 28.2 Å². The largest absolute Gasteiger partial charge is 0.496 e. The number of ketones is 1. The highest BCUT2D eigenvalue weighted by Gasteiger charge is 2.23. The number of rotatable bonds is 5. The van der Waals surface area contributed by atoms with Crippen molar-refractivity contribution in [3.8, 4) is 5.75 Å². The number of amides is 1. The van der Waals surface area contributed by atoms with Gasteiger partial charge in [-0.05, 0) is 33.6 Å². The van der Waals surface area contributed by atoms with Gasteiger partial charge in [0, 0.05) is 18.9 Å². The lowest BCUT2D eigenvalue weighted by molar-refractivity contribution is -0.136. The lowest BCUT2D eigenvalue weighted by Gasteiger charge is -2.26. The van der Waals surface area contributed by atoms with Gasteiger partial charge in [0.1, 0.15) is 5.75 Å². The van der Waals surface area contributed by atoms with E-state index in [0.717, 1.165) is 15.8 Å². The Morgan fingerprint density at radius 1 is 1.37 bits per heavy atom. The molecule has 0 bridgehead atoms. The molecule has 1 N–H and O–H groups in total. The molecule has 0 aliphatic heterocycles. The molecule has 0 aromatic heterocycles. The van der Waals surface area contributed by atoms with E-state index in [1.165, 1.54) is 6.92 Å². The summed E-state index contributed by atoms with van der Waals surface area (Å²) in [5, 5.41) is 2.63. The lowest BCUT2D eigenvalue weighted by atomic mass is 9.84. The Kier molecular flexibility index (Phi) is 5.11. The molecule has 0 aliphatic rings. The summed E-state index contributed by atoms with van der Waals surface area (Å²) in [7, 11) is 1.61. The topological polar surface area (TPSA) is 55.4 Å². The van der Waals surface area contributed by atoms with Crippen LogP contribution in [-0.4, -0.2) is 25.3 Å². The van der Waals surface area contributed by atoms with E-state index < -0.39 is 11.7 Å². The second-order valence-electron chi connectivity index (χ2n) is 4.97. The number of hydrogen-bond donors (Lipinski definition) is 1. The Morgan fingerprint density at radius 2 is 2.00 bits per heavy atom. The number of nitrogens with one attached hydrogen (secondary N) is 1. The van der Waals surface area contributed by atoms with E-state index in [-0.39, 0.29) is 5.41 Å². The number of ether oxygens (including phenoxy) is 1. The molecule has 19 heavy (non-hydrogen) atoms. The first kappa shape index (κ1) is 15.7. The van der Waals surface area contributed by atoms with Gasteiger partial charge >= 0.3 is 0 Å². The maximum absolute atomic E-state index is 11.3. The van der Waals surface area contributed by atoms with Gasteiger partial charge in [0.2, 0.25) is 5.78 Å². The molecule has 0 fully saturated rings. The zero-order valence-electron chi connectivity index (χ0n) is 11.5. The highest BCUT2D eigenvalue weighted by atomic mass is 79.9. The summed E-state index contributed by atoms with van der Waals surface area (Å²) >= 11 is 3.44. The first-order chi connectivity index (χ1) is 8.77. The van der Waals surface area contributed by atoms with Crippen molar-refractivity contribution in [2.45, 2.75) is 26.2 Å². The average molecular weight is 328 g/mol. The van der Waals surface area contributed by atoms with Gasteiger partial charge in [0.15, 0.2) is 0 Å². The van der Waals surface area contributed by atoms with Crippen molar-refractivity contribution in [1.29, 1.82) is 0 Å². The van der Waals surface area contributed by atoms with Crippen molar-refractivity contribution in [3.63, 3.8) is 0 Å². The Bertz CT molecular complexity index is 497. The zero-order chi connectivity index (χ0) is 14.6. The molecular formula is C14H18BrNO3. The number of Topliss-reactive ketones (excluding diaryl/α,β-unsaturated/α-hetero) is 1. The van der Waals surface area contributed by atoms with E-state index >= 15 is 0 Å². The number of carbonyl (C=O) groups excluding carboxylic acids is 2. The van der Waals surface area contributed by atoms with Crippen LogP contribution in [0.3, 0.4) is 0 Å². The molecule has 0 spiro atoms. The molecule has 0 unspecified atom stereocenters.